The first-order valence-corrected chi connectivity index (χ1v) is 8.52. The van der Waals surface area contributed by atoms with Crippen LogP contribution >= 0.6 is 0 Å². The molecular formula is C19H30AlO2. The van der Waals surface area contributed by atoms with Gasteiger partial charge in [0.1, 0.15) is 0 Å². The Labute approximate surface area is 146 Å². The van der Waals surface area contributed by atoms with Gasteiger partial charge in [-0.25, -0.2) is 4.79 Å². The van der Waals surface area contributed by atoms with E-state index in [0.29, 0.717) is 5.56 Å². The summed E-state index contributed by atoms with van der Waals surface area (Å²) in [5.74, 6) is -0.777. The highest BCUT2D eigenvalue weighted by molar-refractivity contribution is 5.90. The van der Waals surface area contributed by atoms with Crippen LogP contribution in [0.15, 0.2) is 12.1 Å². The Morgan fingerprint density at radius 3 is 1.86 bits per heavy atom. The second-order valence-electron chi connectivity index (χ2n) is 5.85. The fourth-order valence-electron chi connectivity index (χ4n) is 2.85. The average Bonchev–Trinajstić information content (AvgIpc) is 2.48. The van der Waals surface area contributed by atoms with Crippen molar-refractivity contribution in [3.63, 3.8) is 0 Å². The molecule has 1 N–H and O–H groups in total. The number of rotatable bonds is 10. The first kappa shape index (κ1) is 21.2. The first-order valence-electron chi connectivity index (χ1n) is 8.52. The fraction of sp³-hybridized carbons (Fsp3) is 0.632. The summed E-state index contributed by atoms with van der Waals surface area (Å²) >= 11 is 0. The summed E-state index contributed by atoms with van der Waals surface area (Å²) in [6.07, 6.45) is 9.82. The van der Waals surface area contributed by atoms with Crippen LogP contribution in [0, 0.1) is 0 Å². The Morgan fingerprint density at radius 2 is 1.36 bits per heavy atom. The minimum absolute atomic E-state index is 0. The van der Waals surface area contributed by atoms with Crippen molar-refractivity contribution in [2.75, 3.05) is 0 Å². The monoisotopic (exact) mass is 317 g/mol. The van der Waals surface area contributed by atoms with E-state index in [-0.39, 0.29) is 17.4 Å². The Kier molecular flexibility index (Phi) is 11.3. The van der Waals surface area contributed by atoms with Gasteiger partial charge in [-0.05, 0) is 61.3 Å². The minimum Gasteiger partial charge on any atom is -0.478 e. The summed E-state index contributed by atoms with van der Waals surface area (Å²) in [5.41, 5.74) is 4.33. The Morgan fingerprint density at radius 1 is 0.864 bits per heavy atom. The highest BCUT2D eigenvalue weighted by atomic mass is 27.0. The number of hydrogen-bond donors (Lipinski definition) is 1. The van der Waals surface area contributed by atoms with Crippen LogP contribution in [0.4, 0.5) is 0 Å². The molecule has 0 aromatic heterocycles. The maximum atomic E-state index is 11.5. The largest absolute Gasteiger partial charge is 0.478 e. The number of carboxylic acids is 1. The number of carboxylic acid groups (broad SMARTS) is 1. The molecule has 3 radical (unpaired) electrons. The number of carbonyl (C=O) groups is 1. The van der Waals surface area contributed by atoms with E-state index in [1.54, 1.807) is 0 Å². The van der Waals surface area contributed by atoms with E-state index in [1.807, 2.05) is 6.07 Å². The molecule has 0 unspecified atom stereocenters. The molecule has 0 heterocycles. The van der Waals surface area contributed by atoms with E-state index in [1.165, 1.54) is 24.0 Å². The third-order valence-corrected chi connectivity index (χ3v) is 4.12. The van der Waals surface area contributed by atoms with Gasteiger partial charge in [0.05, 0.1) is 5.56 Å². The molecule has 0 bridgehead atoms. The summed E-state index contributed by atoms with van der Waals surface area (Å²) in [6.45, 7) is 6.56. The van der Waals surface area contributed by atoms with Crippen LogP contribution in [0.3, 0.4) is 0 Å². The van der Waals surface area contributed by atoms with E-state index >= 15 is 0 Å². The molecule has 0 spiro atoms. The molecule has 2 nitrogen and oxygen atoms in total. The molecule has 0 aliphatic rings. The average molecular weight is 317 g/mol. The zero-order valence-electron chi connectivity index (χ0n) is 14.5. The molecule has 0 amide bonds. The lowest BCUT2D eigenvalue weighted by Gasteiger charge is -2.17. The maximum Gasteiger partial charge on any atom is 0.335 e. The molecule has 22 heavy (non-hydrogen) atoms. The van der Waals surface area contributed by atoms with Gasteiger partial charge in [0.25, 0.3) is 0 Å². The van der Waals surface area contributed by atoms with Gasteiger partial charge >= 0.3 is 5.97 Å². The van der Waals surface area contributed by atoms with Crippen molar-refractivity contribution in [2.45, 2.75) is 78.6 Å². The number of aryl methyl sites for hydroxylation is 1. The minimum atomic E-state index is -0.777. The summed E-state index contributed by atoms with van der Waals surface area (Å²) in [7, 11) is 0. The lowest BCUT2D eigenvalue weighted by Crippen LogP contribution is -2.09. The highest BCUT2D eigenvalue weighted by Crippen LogP contribution is 2.25. The molecule has 0 atom stereocenters. The Hall–Kier alpha value is -0.778. The van der Waals surface area contributed by atoms with Crippen LogP contribution in [0.5, 0.6) is 0 Å². The topological polar surface area (TPSA) is 37.3 Å². The van der Waals surface area contributed by atoms with E-state index in [2.05, 4.69) is 26.8 Å². The SMILES string of the molecule is CCCCc1ccc(C(=O)O)c(CCCC)c1CCCC.[Al]. The summed E-state index contributed by atoms with van der Waals surface area (Å²) < 4.78 is 0. The predicted molar refractivity (Wildman–Crippen MR) is 95.0 cm³/mol. The van der Waals surface area contributed by atoms with Gasteiger partial charge in [0, 0.05) is 17.4 Å². The van der Waals surface area contributed by atoms with Crippen LogP contribution in [0.1, 0.15) is 86.3 Å². The standard InChI is InChI=1S/C19H30O2.Al/c1-4-7-10-15-13-14-18(19(20)21)17(12-9-6-3)16(15)11-8-5-2;/h13-14H,4-12H2,1-3H3,(H,20,21);. The molecule has 0 saturated carbocycles. The second kappa shape index (κ2) is 11.7. The molecule has 0 fully saturated rings. The van der Waals surface area contributed by atoms with Crippen LogP contribution in [-0.4, -0.2) is 28.4 Å². The van der Waals surface area contributed by atoms with Gasteiger partial charge in [0.2, 0.25) is 0 Å². The zero-order chi connectivity index (χ0) is 15.7. The van der Waals surface area contributed by atoms with Crippen molar-refractivity contribution in [1.82, 2.24) is 0 Å². The third kappa shape index (κ3) is 6.15. The molecule has 1 rings (SSSR count). The molecular weight excluding hydrogens is 287 g/mol. The predicted octanol–water partition coefficient (Wildman–Crippen LogP) is 5.03. The smallest absolute Gasteiger partial charge is 0.335 e. The lowest BCUT2D eigenvalue weighted by molar-refractivity contribution is 0.0695. The quantitative estimate of drug-likeness (QED) is 0.614. The normalized spacial score (nSPS) is 10.3. The molecule has 121 valence electrons. The molecule has 3 heteroatoms. The van der Waals surface area contributed by atoms with E-state index in [0.717, 1.165) is 50.5 Å². The van der Waals surface area contributed by atoms with E-state index < -0.39 is 5.97 Å². The van der Waals surface area contributed by atoms with Gasteiger partial charge in [-0.2, -0.15) is 0 Å². The van der Waals surface area contributed by atoms with Gasteiger partial charge in [-0.1, -0.05) is 46.1 Å². The number of aromatic carboxylic acids is 1. The molecule has 1 aromatic rings. The van der Waals surface area contributed by atoms with Crippen molar-refractivity contribution in [3.05, 3.63) is 34.4 Å². The molecule has 0 aliphatic heterocycles. The van der Waals surface area contributed by atoms with Gasteiger partial charge in [0.15, 0.2) is 0 Å². The maximum absolute atomic E-state index is 11.5. The van der Waals surface area contributed by atoms with Crippen LogP contribution < -0.4 is 0 Å². The third-order valence-electron chi connectivity index (χ3n) is 4.12. The van der Waals surface area contributed by atoms with Gasteiger partial charge in [-0.15, -0.1) is 0 Å². The Bertz CT molecular complexity index is 455. The lowest BCUT2D eigenvalue weighted by atomic mass is 9.87. The van der Waals surface area contributed by atoms with Gasteiger partial charge in [-0.3, -0.25) is 0 Å². The highest BCUT2D eigenvalue weighted by Gasteiger charge is 2.16. The van der Waals surface area contributed by atoms with Crippen LogP contribution in [0.25, 0.3) is 0 Å². The van der Waals surface area contributed by atoms with Crippen LogP contribution in [-0.2, 0) is 19.3 Å². The van der Waals surface area contributed by atoms with Crippen molar-refractivity contribution in [2.24, 2.45) is 0 Å². The summed E-state index contributed by atoms with van der Waals surface area (Å²) in [5, 5.41) is 9.48. The fourth-order valence-corrected chi connectivity index (χ4v) is 2.85. The van der Waals surface area contributed by atoms with Crippen molar-refractivity contribution in [3.8, 4) is 0 Å². The molecule has 1 aromatic carbocycles. The summed E-state index contributed by atoms with van der Waals surface area (Å²) in [6, 6.07) is 3.88. The van der Waals surface area contributed by atoms with Crippen molar-refractivity contribution < 1.29 is 9.90 Å². The number of hydrogen-bond acceptors (Lipinski definition) is 1. The first-order chi connectivity index (χ1) is 10.2. The second-order valence-corrected chi connectivity index (χ2v) is 5.85. The molecule has 0 aliphatic carbocycles. The Balaban J connectivity index is 0.00000441. The van der Waals surface area contributed by atoms with E-state index in [4.69, 9.17) is 0 Å². The van der Waals surface area contributed by atoms with Gasteiger partial charge < -0.3 is 5.11 Å². The number of benzene rings is 1. The van der Waals surface area contributed by atoms with E-state index in [9.17, 15) is 9.90 Å². The van der Waals surface area contributed by atoms with Crippen molar-refractivity contribution in [1.29, 1.82) is 0 Å². The van der Waals surface area contributed by atoms with Crippen molar-refractivity contribution >= 4 is 23.3 Å². The zero-order valence-corrected chi connectivity index (χ0v) is 15.6. The molecule has 0 saturated heterocycles. The number of unbranched alkanes of at least 4 members (excludes halogenated alkanes) is 3. The summed E-state index contributed by atoms with van der Waals surface area (Å²) in [4.78, 5) is 11.5. The van der Waals surface area contributed by atoms with Crippen LogP contribution in [0.2, 0.25) is 0 Å².